The van der Waals surface area contributed by atoms with Crippen molar-refractivity contribution in [3.63, 3.8) is 0 Å². The Bertz CT molecular complexity index is 1190. The van der Waals surface area contributed by atoms with E-state index in [0.717, 1.165) is 55.0 Å². The van der Waals surface area contributed by atoms with Crippen molar-refractivity contribution in [1.29, 1.82) is 5.26 Å². The predicted octanol–water partition coefficient (Wildman–Crippen LogP) is 2.99. The zero-order chi connectivity index (χ0) is 19.9. The van der Waals surface area contributed by atoms with Crippen LogP contribution in [0.15, 0.2) is 44.7 Å². The Hall–Kier alpha value is -2.92. The summed E-state index contributed by atoms with van der Waals surface area (Å²) in [5.41, 5.74) is 2.13. The van der Waals surface area contributed by atoms with Crippen LogP contribution in [-0.4, -0.2) is 20.4 Å². The fourth-order valence-corrected chi connectivity index (χ4v) is 4.63. The maximum Gasteiger partial charge on any atom is 0.306 e. The highest BCUT2D eigenvalue weighted by molar-refractivity contribution is 7.86. The largest absolute Gasteiger partial charge is 0.465 e. The third-order valence-corrected chi connectivity index (χ3v) is 5.79. The molecule has 2 aromatic rings. The summed E-state index contributed by atoms with van der Waals surface area (Å²) >= 11 is 0. The molecule has 0 unspecified atom stereocenters. The zero-order valence-corrected chi connectivity index (χ0v) is 16.1. The lowest BCUT2D eigenvalue weighted by Crippen LogP contribution is -2.38. The average Bonchev–Trinajstić information content (AvgIpc) is 2.97. The number of fused-ring (bicyclic) bond motifs is 3. The van der Waals surface area contributed by atoms with E-state index in [1.165, 1.54) is 6.26 Å². The van der Waals surface area contributed by atoms with Gasteiger partial charge < -0.3 is 8.60 Å². The van der Waals surface area contributed by atoms with Crippen molar-refractivity contribution in [2.24, 2.45) is 4.99 Å². The first-order valence-corrected chi connectivity index (χ1v) is 10.8. The summed E-state index contributed by atoms with van der Waals surface area (Å²) < 4.78 is 33.8. The van der Waals surface area contributed by atoms with Gasteiger partial charge in [-0.3, -0.25) is 9.79 Å². The van der Waals surface area contributed by atoms with Crippen LogP contribution < -0.4 is 9.61 Å². The van der Waals surface area contributed by atoms with Gasteiger partial charge in [-0.05, 0) is 43.0 Å². The molecule has 1 fully saturated rings. The molecule has 1 saturated carbocycles. The van der Waals surface area contributed by atoms with E-state index in [2.05, 4.69) is 6.07 Å². The Labute approximate surface area is 162 Å². The van der Waals surface area contributed by atoms with Gasteiger partial charge in [-0.15, -0.1) is 0 Å². The van der Waals surface area contributed by atoms with Gasteiger partial charge >= 0.3 is 10.1 Å². The van der Waals surface area contributed by atoms with E-state index in [0.29, 0.717) is 5.56 Å². The first-order valence-electron chi connectivity index (χ1n) is 8.95. The van der Waals surface area contributed by atoms with Crippen LogP contribution >= 0.6 is 0 Å². The lowest BCUT2D eigenvalue weighted by atomic mass is 9.66. The lowest BCUT2D eigenvalue weighted by Gasteiger charge is -2.35. The molecule has 28 heavy (non-hydrogen) atoms. The van der Waals surface area contributed by atoms with Crippen LogP contribution in [0.2, 0.25) is 0 Å². The normalized spacial score (nSPS) is 20.6. The predicted molar refractivity (Wildman–Crippen MR) is 103 cm³/mol. The van der Waals surface area contributed by atoms with Crippen LogP contribution in [0.1, 0.15) is 42.6 Å². The quantitative estimate of drug-likeness (QED) is 0.732. The van der Waals surface area contributed by atoms with Gasteiger partial charge in [-0.2, -0.15) is 13.7 Å². The monoisotopic (exact) mass is 398 g/mol. The molecule has 0 bridgehead atoms. The van der Waals surface area contributed by atoms with Gasteiger partial charge in [0.05, 0.1) is 29.8 Å². The van der Waals surface area contributed by atoms with Gasteiger partial charge in [0.2, 0.25) is 11.2 Å². The molecule has 0 amide bonds. The van der Waals surface area contributed by atoms with Crippen LogP contribution in [0.5, 0.6) is 5.75 Å². The van der Waals surface area contributed by atoms with Crippen molar-refractivity contribution in [2.75, 3.05) is 6.26 Å². The van der Waals surface area contributed by atoms with Crippen LogP contribution in [0.25, 0.3) is 0 Å². The van der Waals surface area contributed by atoms with Crippen LogP contribution in [0.4, 0.5) is 5.69 Å². The number of benzene rings is 1. The van der Waals surface area contributed by atoms with Gasteiger partial charge in [0, 0.05) is 23.6 Å². The van der Waals surface area contributed by atoms with E-state index in [4.69, 9.17) is 13.6 Å². The van der Waals surface area contributed by atoms with Gasteiger partial charge in [-0.25, -0.2) is 0 Å². The molecule has 8 heteroatoms. The third-order valence-electron chi connectivity index (χ3n) is 5.32. The van der Waals surface area contributed by atoms with Crippen LogP contribution in [-0.2, 0) is 22.0 Å². The van der Waals surface area contributed by atoms with Crippen LogP contribution in [0, 0.1) is 11.3 Å². The second-order valence-corrected chi connectivity index (χ2v) is 8.77. The highest BCUT2D eigenvalue weighted by atomic mass is 32.2. The van der Waals surface area contributed by atoms with Crippen molar-refractivity contribution in [3.05, 3.63) is 57.6 Å². The topological polar surface area (TPSA) is 110 Å². The smallest absolute Gasteiger partial charge is 0.306 e. The van der Waals surface area contributed by atoms with Crippen molar-refractivity contribution in [1.82, 2.24) is 0 Å². The third kappa shape index (κ3) is 3.12. The molecule has 1 aromatic heterocycles. The highest BCUT2D eigenvalue weighted by Gasteiger charge is 2.46. The molecule has 4 rings (SSSR count). The van der Waals surface area contributed by atoms with E-state index in [1.807, 2.05) is 12.1 Å². The molecular formula is C20H18N2O5S. The Morgan fingerprint density at radius 1 is 1.32 bits per heavy atom. The Balaban J connectivity index is 1.86. The summed E-state index contributed by atoms with van der Waals surface area (Å²) in [6.07, 6.45) is 5.90. The highest BCUT2D eigenvalue weighted by Crippen LogP contribution is 2.50. The Morgan fingerprint density at radius 2 is 2.14 bits per heavy atom. The second kappa shape index (κ2) is 6.60. The van der Waals surface area contributed by atoms with Crippen molar-refractivity contribution in [3.8, 4) is 11.8 Å². The summed E-state index contributed by atoms with van der Waals surface area (Å²) in [5, 5.41) is 9.31. The number of nitriles is 1. The molecule has 1 aliphatic heterocycles. The molecule has 1 aliphatic carbocycles. The standard InChI is InChI=1S/C20H18N2O5S/c1-28(24,25)27-19-16(23)7-9-26-17(19)11-20-8-3-2-4-18(20)22-15-6-5-13(12-21)10-14(15)20/h5-7,9-10H,2-4,8,11H2,1H3/t20-/m1/s1. The minimum atomic E-state index is -3.89. The van der Waals surface area contributed by atoms with Gasteiger partial charge in [0.1, 0.15) is 0 Å². The van der Waals surface area contributed by atoms with Crippen molar-refractivity contribution >= 4 is 21.5 Å². The van der Waals surface area contributed by atoms with Crippen molar-refractivity contribution in [2.45, 2.75) is 37.5 Å². The number of rotatable bonds is 4. The zero-order valence-electron chi connectivity index (χ0n) is 15.3. The minimum Gasteiger partial charge on any atom is -0.465 e. The number of hydrogen-bond donors (Lipinski definition) is 0. The maximum absolute atomic E-state index is 12.3. The molecule has 2 aliphatic rings. The SMILES string of the molecule is CS(=O)(=O)Oc1c(C[C@@]23CCCCC2=Nc2ccc(C#N)cc23)occc1=O. The summed E-state index contributed by atoms with van der Waals surface area (Å²) in [6, 6.07) is 8.68. The van der Waals surface area contributed by atoms with Crippen LogP contribution in [0.3, 0.4) is 0 Å². The summed E-state index contributed by atoms with van der Waals surface area (Å²) in [5.74, 6) is -0.142. The van der Waals surface area contributed by atoms with Gasteiger partial charge in [0.25, 0.3) is 0 Å². The molecule has 1 atom stereocenters. The first-order chi connectivity index (χ1) is 13.3. The van der Waals surface area contributed by atoms with Gasteiger partial charge in [-0.1, -0.05) is 6.42 Å². The summed E-state index contributed by atoms with van der Waals surface area (Å²) in [4.78, 5) is 17.0. The summed E-state index contributed by atoms with van der Waals surface area (Å²) in [7, 11) is -3.89. The fraction of sp³-hybridized carbons (Fsp3) is 0.350. The van der Waals surface area contributed by atoms with E-state index in [-0.39, 0.29) is 17.9 Å². The van der Waals surface area contributed by atoms with E-state index in [1.54, 1.807) is 6.07 Å². The molecule has 0 radical (unpaired) electrons. The first kappa shape index (κ1) is 18.4. The molecule has 144 valence electrons. The molecule has 0 spiro atoms. The molecule has 0 saturated heterocycles. The molecule has 1 aromatic carbocycles. The van der Waals surface area contributed by atoms with E-state index in [9.17, 15) is 18.5 Å². The number of hydrogen-bond acceptors (Lipinski definition) is 7. The second-order valence-electron chi connectivity index (χ2n) is 7.19. The number of aliphatic imine (C=N–C) groups is 1. The van der Waals surface area contributed by atoms with Crippen molar-refractivity contribution < 1.29 is 17.0 Å². The lowest BCUT2D eigenvalue weighted by molar-refractivity contribution is 0.380. The minimum absolute atomic E-state index is 0.169. The molecular weight excluding hydrogens is 380 g/mol. The Morgan fingerprint density at radius 3 is 2.89 bits per heavy atom. The molecule has 0 N–H and O–H groups in total. The molecule has 2 heterocycles. The molecule has 7 nitrogen and oxygen atoms in total. The average molecular weight is 398 g/mol. The maximum atomic E-state index is 12.3. The van der Waals surface area contributed by atoms with Gasteiger partial charge in [0.15, 0.2) is 5.76 Å². The summed E-state index contributed by atoms with van der Waals surface area (Å²) in [6.45, 7) is 0. The number of nitrogens with zero attached hydrogens (tertiary/aromatic N) is 2. The Kier molecular flexibility index (Phi) is 4.35. The van der Waals surface area contributed by atoms with E-state index >= 15 is 0 Å². The van der Waals surface area contributed by atoms with E-state index < -0.39 is 21.0 Å². The fourth-order valence-electron chi connectivity index (χ4n) is 4.15.